The molecule has 1 aliphatic heterocycles. The molecule has 3 rings (SSSR count). The minimum Gasteiger partial charge on any atom is -0.497 e. The first-order valence-electron chi connectivity index (χ1n) is 8.11. The average molecular weight is 297 g/mol. The molecule has 116 valence electrons. The van der Waals surface area contributed by atoms with Crippen molar-refractivity contribution in [1.29, 1.82) is 0 Å². The van der Waals surface area contributed by atoms with Gasteiger partial charge in [-0.1, -0.05) is 30.3 Å². The lowest BCUT2D eigenvalue weighted by molar-refractivity contribution is -0.918. The van der Waals surface area contributed by atoms with Gasteiger partial charge in [0.15, 0.2) is 0 Å². The number of nitrogens with one attached hydrogen (secondary N) is 2. The number of ether oxygens (including phenoxy) is 1. The molecule has 0 unspecified atom stereocenters. The topological polar surface area (TPSA) is 25.7 Å². The standard InChI is InChI=1S/C19H24N2O/c1-22-19-9-7-17(8-10-19)20-18-11-13-21(14-12-18)15-16-5-3-2-4-6-16/h2-10,18,20H,11-15H2,1H3/p+1. The van der Waals surface area contributed by atoms with Crippen LogP contribution in [0.15, 0.2) is 54.6 Å². The summed E-state index contributed by atoms with van der Waals surface area (Å²) in [5.41, 5.74) is 2.64. The molecule has 0 radical (unpaired) electrons. The predicted octanol–water partition coefficient (Wildman–Crippen LogP) is 2.35. The largest absolute Gasteiger partial charge is 0.497 e. The third-order valence-corrected chi connectivity index (χ3v) is 4.45. The highest BCUT2D eigenvalue weighted by molar-refractivity contribution is 5.47. The van der Waals surface area contributed by atoms with Crippen LogP contribution in [-0.4, -0.2) is 26.2 Å². The van der Waals surface area contributed by atoms with E-state index in [-0.39, 0.29) is 0 Å². The molecular weight excluding hydrogens is 272 g/mol. The van der Waals surface area contributed by atoms with Crippen molar-refractivity contribution in [1.82, 2.24) is 0 Å². The number of methoxy groups -OCH3 is 1. The van der Waals surface area contributed by atoms with Gasteiger partial charge in [-0.2, -0.15) is 0 Å². The van der Waals surface area contributed by atoms with E-state index in [1.807, 2.05) is 12.1 Å². The maximum Gasteiger partial charge on any atom is 0.119 e. The first-order chi connectivity index (χ1) is 10.8. The average Bonchev–Trinajstić information content (AvgIpc) is 2.58. The van der Waals surface area contributed by atoms with Gasteiger partial charge in [-0.25, -0.2) is 0 Å². The van der Waals surface area contributed by atoms with Gasteiger partial charge < -0.3 is 15.0 Å². The van der Waals surface area contributed by atoms with Crippen molar-refractivity contribution in [3.05, 3.63) is 60.2 Å². The van der Waals surface area contributed by atoms with Crippen molar-refractivity contribution in [3.8, 4) is 5.75 Å². The summed E-state index contributed by atoms with van der Waals surface area (Å²) in [5.74, 6) is 0.910. The van der Waals surface area contributed by atoms with Crippen LogP contribution in [0.2, 0.25) is 0 Å². The van der Waals surface area contributed by atoms with Gasteiger partial charge in [-0.3, -0.25) is 0 Å². The van der Waals surface area contributed by atoms with Gasteiger partial charge in [-0.05, 0) is 24.3 Å². The van der Waals surface area contributed by atoms with Crippen LogP contribution in [0.4, 0.5) is 5.69 Å². The molecule has 2 aromatic carbocycles. The number of rotatable bonds is 5. The number of likely N-dealkylation sites (tertiary alicyclic amines) is 1. The minimum atomic E-state index is 0.591. The summed E-state index contributed by atoms with van der Waals surface area (Å²) in [5, 5.41) is 3.65. The van der Waals surface area contributed by atoms with Gasteiger partial charge in [-0.15, -0.1) is 0 Å². The Morgan fingerprint density at radius 3 is 2.32 bits per heavy atom. The Kier molecular flexibility index (Phi) is 4.96. The zero-order valence-electron chi connectivity index (χ0n) is 13.2. The molecule has 0 saturated carbocycles. The van der Waals surface area contributed by atoms with Crippen molar-refractivity contribution in [2.75, 3.05) is 25.5 Å². The smallest absolute Gasteiger partial charge is 0.119 e. The quantitative estimate of drug-likeness (QED) is 0.886. The fourth-order valence-electron chi connectivity index (χ4n) is 3.15. The Labute approximate surface area is 132 Å². The number of quaternary nitrogens is 1. The minimum absolute atomic E-state index is 0.591. The van der Waals surface area contributed by atoms with E-state index in [0.717, 1.165) is 12.3 Å². The summed E-state index contributed by atoms with van der Waals surface area (Å²) in [7, 11) is 1.70. The molecule has 1 aliphatic rings. The number of piperidine rings is 1. The molecule has 3 heteroatoms. The van der Waals surface area contributed by atoms with Crippen LogP contribution < -0.4 is 15.0 Å². The lowest BCUT2D eigenvalue weighted by Crippen LogP contribution is -3.12. The number of hydrogen-bond acceptors (Lipinski definition) is 2. The SMILES string of the molecule is COc1ccc(NC2CC[NH+](Cc3ccccc3)CC2)cc1. The summed E-state index contributed by atoms with van der Waals surface area (Å²) in [6, 6.07) is 19.6. The van der Waals surface area contributed by atoms with Crippen molar-refractivity contribution in [2.45, 2.75) is 25.4 Å². The summed E-state index contributed by atoms with van der Waals surface area (Å²) in [6.07, 6.45) is 2.46. The zero-order chi connectivity index (χ0) is 15.2. The van der Waals surface area contributed by atoms with Crippen LogP contribution in [0.3, 0.4) is 0 Å². The van der Waals surface area contributed by atoms with Gasteiger partial charge in [0.1, 0.15) is 12.3 Å². The summed E-state index contributed by atoms with van der Waals surface area (Å²) >= 11 is 0. The van der Waals surface area contributed by atoms with E-state index in [1.54, 1.807) is 12.0 Å². The first kappa shape index (κ1) is 14.9. The van der Waals surface area contributed by atoms with Gasteiger partial charge in [0.2, 0.25) is 0 Å². The molecule has 2 N–H and O–H groups in total. The maximum absolute atomic E-state index is 5.20. The Balaban J connectivity index is 1.47. The maximum atomic E-state index is 5.20. The van der Waals surface area contributed by atoms with E-state index in [0.29, 0.717) is 6.04 Å². The molecule has 2 aromatic rings. The first-order valence-corrected chi connectivity index (χ1v) is 8.11. The van der Waals surface area contributed by atoms with Gasteiger partial charge in [0, 0.05) is 30.1 Å². The van der Waals surface area contributed by atoms with Crippen molar-refractivity contribution in [3.63, 3.8) is 0 Å². The third-order valence-electron chi connectivity index (χ3n) is 4.45. The Bertz CT molecular complexity index is 560. The second kappa shape index (κ2) is 7.32. The third kappa shape index (κ3) is 4.01. The monoisotopic (exact) mass is 297 g/mol. The van der Waals surface area contributed by atoms with E-state index < -0.39 is 0 Å². The Morgan fingerprint density at radius 2 is 1.68 bits per heavy atom. The Morgan fingerprint density at radius 1 is 1.00 bits per heavy atom. The van der Waals surface area contributed by atoms with Crippen LogP contribution in [0.25, 0.3) is 0 Å². The fraction of sp³-hybridized carbons (Fsp3) is 0.368. The van der Waals surface area contributed by atoms with E-state index in [4.69, 9.17) is 4.74 Å². The van der Waals surface area contributed by atoms with E-state index in [2.05, 4.69) is 47.8 Å². The summed E-state index contributed by atoms with van der Waals surface area (Å²) in [4.78, 5) is 1.69. The molecule has 1 fully saturated rings. The highest BCUT2D eigenvalue weighted by atomic mass is 16.5. The van der Waals surface area contributed by atoms with E-state index in [1.165, 1.54) is 37.2 Å². The van der Waals surface area contributed by atoms with Crippen LogP contribution in [0.1, 0.15) is 18.4 Å². The van der Waals surface area contributed by atoms with E-state index >= 15 is 0 Å². The lowest BCUT2D eigenvalue weighted by atomic mass is 10.0. The second-order valence-corrected chi connectivity index (χ2v) is 6.06. The van der Waals surface area contributed by atoms with Crippen LogP contribution in [-0.2, 0) is 6.54 Å². The van der Waals surface area contributed by atoms with Crippen LogP contribution >= 0.6 is 0 Å². The molecule has 0 aliphatic carbocycles. The van der Waals surface area contributed by atoms with E-state index in [9.17, 15) is 0 Å². The molecular formula is C19H25N2O+. The normalized spacial score (nSPS) is 21.3. The van der Waals surface area contributed by atoms with Gasteiger partial charge >= 0.3 is 0 Å². The number of hydrogen-bond donors (Lipinski definition) is 2. The highest BCUT2D eigenvalue weighted by Crippen LogP contribution is 2.17. The number of anilines is 1. The van der Waals surface area contributed by atoms with Crippen molar-refractivity contribution in [2.24, 2.45) is 0 Å². The molecule has 3 nitrogen and oxygen atoms in total. The fourth-order valence-corrected chi connectivity index (χ4v) is 3.15. The molecule has 22 heavy (non-hydrogen) atoms. The molecule has 0 aromatic heterocycles. The molecule has 1 saturated heterocycles. The molecule has 0 atom stereocenters. The number of benzene rings is 2. The molecule has 0 spiro atoms. The van der Waals surface area contributed by atoms with Crippen molar-refractivity contribution >= 4 is 5.69 Å². The van der Waals surface area contributed by atoms with Crippen LogP contribution in [0, 0.1) is 0 Å². The lowest BCUT2D eigenvalue weighted by Gasteiger charge is -2.30. The molecule has 0 bridgehead atoms. The van der Waals surface area contributed by atoms with Gasteiger partial charge in [0.05, 0.1) is 20.2 Å². The molecule has 0 amide bonds. The van der Waals surface area contributed by atoms with Crippen LogP contribution in [0.5, 0.6) is 5.75 Å². The van der Waals surface area contributed by atoms with Crippen molar-refractivity contribution < 1.29 is 9.64 Å². The van der Waals surface area contributed by atoms with Gasteiger partial charge in [0.25, 0.3) is 0 Å². The Hall–Kier alpha value is -2.00. The predicted molar refractivity (Wildman–Crippen MR) is 90.5 cm³/mol. The molecule has 1 heterocycles. The second-order valence-electron chi connectivity index (χ2n) is 6.06. The highest BCUT2D eigenvalue weighted by Gasteiger charge is 2.21. The summed E-state index contributed by atoms with van der Waals surface area (Å²) < 4.78 is 5.20. The summed E-state index contributed by atoms with van der Waals surface area (Å²) in [6.45, 7) is 3.63. The zero-order valence-corrected chi connectivity index (χ0v) is 13.2.